The number of amides is 1. The van der Waals surface area contributed by atoms with Crippen LogP contribution in [0.15, 0.2) is 18.2 Å². The van der Waals surface area contributed by atoms with Crippen LogP contribution >= 0.6 is 0 Å². The molecule has 2 rings (SSSR count). The minimum absolute atomic E-state index is 0.0159. The number of unbranched alkanes of at least 4 members (excludes halogenated alkanes) is 1. The lowest BCUT2D eigenvalue weighted by Crippen LogP contribution is -2.31. The standard InChI is InChI=1S/C13H17NO2/c1-2-3-8-16-11-5-4-10-6-7-14-13(15)12(10)9-11/h4-5,9H,2-3,6-8H2,1H3,(H,14,15). The van der Waals surface area contributed by atoms with Gasteiger partial charge >= 0.3 is 0 Å². The Morgan fingerprint density at radius 1 is 1.44 bits per heavy atom. The monoisotopic (exact) mass is 219 g/mol. The summed E-state index contributed by atoms with van der Waals surface area (Å²) in [6, 6.07) is 5.79. The van der Waals surface area contributed by atoms with E-state index in [1.807, 2.05) is 18.2 Å². The molecule has 3 heteroatoms. The number of carbonyl (C=O) groups excluding carboxylic acids is 1. The van der Waals surface area contributed by atoms with Crippen LogP contribution in [0.3, 0.4) is 0 Å². The molecule has 1 aliphatic heterocycles. The van der Waals surface area contributed by atoms with Gasteiger partial charge in [-0.1, -0.05) is 19.4 Å². The van der Waals surface area contributed by atoms with Crippen molar-refractivity contribution in [2.24, 2.45) is 0 Å². The molecule has 0 bridgehead atoms. The highest BCUT2D eigenvalue weighted by Crippen LogP contribution is 2.20. The van der Waals surface area contributed by atoms with Crippen LogP contribution in [0.2, 0.25) is 0 Å². The quantitative estimate of drug-likeness (QED) is 0.788. The fraction of sp³-hybridized carbons (Fsp3) is 0.462. The van der Waals surface area contributed by atoms with E-state index in [1.165, 1.54) is 0 Å². The summed E-state index contributed by atoms with van der Waals surface area (Å²) in [7, 11) is 0. The highest BCUT2D eigenvalue weighted by Gasteiger charge is 2.16. The maximum absolute atomic E-state index is 11.6. The van der Waals surface area contributed by atoms with Gasteiger partial charge in [-0.05, 0) is 30.5 Å². The minimum Gasteiger partial charge on any atom is -0.494 e. The molecule has 3 nitrogen and oxygen atoms in total. The first-order chi connectivity index (χ1) is 7.81. The van der Waals surface area contributed by atoms with Crippen molar-refractivity contribution < 1.29 is 9.53 Å². The van der Waals surface area contributed by atoms with Crippen molar-refractivity contribution in [3.05, 3.63) is 29.3 Å². The molecule has 1 aromatic carbocycles. The lowest BCUT2D eigenvalue weighted by molar-refractivity contribution is 0.0945. The van der Waals surface area contributed by atoms with E-state index in [4.69, 9.17) is 4.74 Å². The van der Waals surface area contributed by atoms with Gasteiger partial charge in [-0.15, -0.1) is 0 Å². The molecular formula is C13H17NO2. The van der Waals surface area contributed by atoms with Gasteiger partial charge in [0.2, 0.25) is 0 Å². The number of ether oxygens (including phenoxy) is 1. The van der Waals surface area contributed by atoms with E-state index in [-0.39, 0.29) is 5.91 Å². The van der Waals surface area contributed by atoms with Crippen molar-refractivity contribution in [3.63, 3.8) is 0 Å². The van der Waals surface area contributed by atoms with Gasteiger partial charge in [-0.25, -0.2) is 0 Å². The van der Waals surface area contributed by atoms with E-state index < -0.39 is 0 Å². The molecule has 0 saturated heterocycles. The van der Waals surface area contributed by atoms with Crippen LogP contribution in [0.1, 0.15) is 35.7 Å². The molecule has 86 valence electrons. The number of rotatable bonds is 4. The van der Waals surface area contributed by atoms with E-state index in [0.717, 1.165) is 49.3 Å². The van der Waals surface area contributed by atoms with E-state index >= 15 is 0 Å². The summed E-state index contributed by atoms with van der Waals surface area (Å²) >= 11 is 0. The summed E-state index contributed by atoms with van der Waals surface area (Å²) in [4.78, 5) is 11.6. The topological polar surface area (TPSA) is 38.3 Å². The molecule has 0 radical (unpaired) electrons. The van der Waals surface area contributed by atoms with Crippen LogP contribution < -0.4 is 10.1 Å². The second kappa shape index (κ2) is 5.01. The van der Waals surface area contributed by atoms with E-state index in [1.54, 1.807) is 0 Å². The predicted molar refractivity (Wildman–Crippen MR) is 62.9 cm³/mol. The highest BCUT2D eigenvalue weighted by atomic mass is 16.5. The molecule has 0 spiro atoms. The molecule has 1 amide bonds. The zero-order valence-electron chi connectivity index (χ0n) is 9.58. The summed E-state index contributed by atoms with van der Waals surface area (Å²) in [6.07, 6.45) is 3.07. The molecular weight excluding hydrogens is 202 g/mol. The molecule has 16 heavy (non-hydrogen) atoms. The maximum Gasteiger partial charge on any atom is 0.251 e. The normalized spacial score (nSPS) is 14.2. The first-order valence-corrected chi connectivity index (χ1v) is 5.85. The third-order valence-corrected chi connectivity index (χ3v) is 2.77. The van der Waals surface area contributed by atoms with Crippen molar-refractivity contribution in [2.45, 2.75) is 26.2 Å². The van der Waals surface area contributed by atoms with E-state index in [0.29, 0.717) is 0 Å². The van der Waals surface area contributed by atoms with Gasteiger partial charge in [-0.2, -0.15) is 0 Å². The van der Waals surface area contributed by atoms with Gasteiger partial charge < -0.3 is 10.1 Å². The Morgan fingerprint density at radius 3 is 3.12 bits per heavy atom. The van der Waals surface area contributed by atoms with Gasteiger partial charge in [0.25, 0.3) is 5.91 Å². The van der Waals surface area contributed by atoms with Gasteiger partial charge in [0.15, 0.2) is 0 Å². The molecule has 1 aromatic rings. The van der Waals surface area contributed by atoms with E-state index in [2.05, 4.69) is 12.2 Å². The Labute approximate surface area is 95.8 Å². The Hall–Kier alpha value is -1.51. The van der Waals surface area contributed by atoms with Crippen LogP contribution in [0.4, 0.5) is 0 Å². The minimum atomic E-state index is 0.0159. The third-order valence-electron chi connectivity index (χ3n) is 2.77. The number of hydrogen-bond acceptors (Lipinski definition) is 2. The molecule has 0 aliphatic carbocycles. The number of nitrogens with one attached hydrogen (secondary N) is 1. The molecule has 0 fully saturated rings. The molecule has 1 heterocycles. The maximum atomic E-state index is 11.6. The molecule has 0 unspecified atom stereocenters. The second-order valence-electron chi connectivity index (χ2n) is 4.03. The van der Waals surface area contributed by atoms with Gasteiger partial charge in [0.05, 0.1) is 6.61 Å². The SMILES string of the molecule is CCCCOc1ccc2c(c1)C(=O)NCC2. The van der Waals surface area contributed by atoms with Crippen LogP contribution in [-0.2, 0) is 6.42 Å². The zero-order chi connectivity index (χ0) is 11.4. The molecule has 1 aliphatic rings. The van der Waals surface area contributed by atoms with Gasteiger partial charge in [0, 0.05) is 12.1 Å². The number of benzene rings is 1. The second-order valence-corrected chi connectivity index (χ2v) is 4.03. The molecule has 0 aromatic heterocycles. The number of fused-ring (bicyclic) bond motifs is 1. The molecule has 0 atom stereocenters. The number of hydrogen-bond donors (Lipinski definition) is 1. The zero-order valence-corrected chi connectivity index (χ0v) is 9.58. The third kappa shape index (κ3) is 2.35. The Balaban J connectivity index is 2.11. The Morgan fingerprint density at radius 2 is 2.31 bits per heavy atom. The fourth-order valence-electron chi connectivity index (χ4n) is 1.82. The van der Waals surface area contributed by atoms with Crippen LogP contribution in [-0.4, -0.2) is 19.1 Å². The van der Waals surface area contributed by atoms with Crippen molar-refractivity contribution in [3.8, 4) is 5.75 Å². The fourth-order valence-corrected chi connectivity index (χ4v) is 1.82. The van der Waals surface area contributed by atoms with Crippen molar-refractivity contribution in [1.82, 2.24) is 5.32 Å². The lowest BCUT2D eigenvalue weighted by Gasteiger charge is -2.17. The average Bonchev–Trinajstić information content (AvgIpc) is 2.30. The Kier molecular flexibility index (Phi) is 3.44. The highest BCUT2D eigenvalue weighted by molar-refractivity contribution is 5.97. The van der Waals surface area contributed by atoms with Crippen molar-refractivity contribution in [2.75, 3.05) is 13.2 Å². The smallest absolute Gasteiger partial charge is 0.251 e. The van der Waals surface area contributed by atoms with Crippen LogP contribution in [0, 0.1) is 0 Å². The van der Waals surface area contributed by atoms with Crippen molar-refractivity contribution in [1.29, 1.82) is 0 Å². The molecule has 1 N–H and O–H groups in total. The average molecular weight is 219 g/mol. The summed E-state index contributed by atoms with van der Waals surface area (Å²) < 4.78 is 5.58. The summed E-state index contributed by atoms with van der Waals surface area (Å²) in [5, 5.41) is 2.84. The van der Waals surface area contributed by atoms with Gasteiger partial charge in [-0.3, -0.25) is 4.79 Å². The Bertz CT molecular complexity index is 388. The summed E-state index contributed by atoms with van der Waals surface area (Å²) in [6.45, 7) is 3.59. The lowest BCUT2D eigenvalue weighted by atomic mass is 10.0. The van der Waals surface area contributed by atoms with Crippen LogP contribution in [0.25, 0.3) is 0 Å². The first kappa shape index (κ1) is 11.0. The van der Waals surface area contributed by atoms with Crippen LogP contribution in [0.5, 0.6) is 5.75 Å². The predicted octanol–water partition coefficient (Wildman–Crippen LogP) is 2.15. The summed E-state index contributed by atoms with van der Waals surface area (Å²) in [5.74, 6) is 0.812. The van der Waals surface area contributed by atoms with Gasteiger partial charge in [0.1, 0.15) is 5.75 Å². The first-order valence-electron chi connectivity index (χ1n) is 5.85. The number of carbonyl (C=O) groups is 1. The van der Waals surface area contributed by atoms with Crippen molar-refractivity contribution >= 4 is 5.91 Å². The largest absolute Gasteiger partial charge is 0.494 e. The molecule has 0 saturated carbocycles. The summed E-state index contributed by atoms with van der Waals surface area (Å²) in [5.41, 5.74) is 1.88. The van der Waals surface area contributed by atoms with E-state index in [9.17, 15) is 4.79 Å².